The predicted octanol–water partition coefficient (Wildman–Crippen LogP) is 0.0835. The Morgan fingerprint density at radius 1 is 1.50 bits per heavy atom. The zero-order chi connectivity index (χ0) is 14.7. The van der Waals surface area contributed by atoms with Crippen LogP contribution in [-0.4, -0.2) is 33.7 Å². The van der Waals surface area contributed by atoms with Gasteiger partial charge in [0, 0.05) is 12.2 Å². The van der Waals surface area contributed by atoms with Gasteiger partial charge in [0.05, 0.1) is 17.9 Å². The van der Waals surface area contributed by atoms with Gasteiger partial charge in [-0.15, -0.1) is 0 Å². The van der Waals surface area contributed by atoms with Gasteiger partial charge in [-0.25, -0.2) is 0 Å². The van der Waals surface area contributed by atoms with E-state index in [-0.39, 0.29) is 24.3 Å². The number of nitrogens with one attached hydrogen (secondary N) is 2. The molecule has 0 bridgehead atoms. The summed E-state index contributed by atoms with van der Waals surface area (Å²) in [6.07, 6.45) is 5.24. The average molecular weight is 279 g/mol. The quantitative estimate of drug-likeness (QED) is 0.686. The van der Waals surface area contributed by atoms with Crippen molar-refractivity contribution >= 4 is 17.5 Å². The van der Waals surface area contributed by atoms with Crippen molar-refractivity contribution in [2.45, 2.75) is 45.3 Å². The molecule has 2 amide bonds. The first-order chi connectivity index (χ1) is 9.45. The minimum absolute atomic E-state index is 0.0626. The van der Waals surface area contributed by atoms with E-state index in [1.165, 1.54) is 10.9 Å². The van der Waals surface area contributed by atoms with Crippen LogP contribution in [0.2, 0.25) is 0 Å². The molecule has 2 rings (SSSR count). The van der Waals surface area contributed by atoms with E-state index in [1.54, 1.807) is 6.20 Å². The normalized spacial score (nSPS) is 16.0. The largest absolute Gasteiger partial charge is 0.352 e. The average Bonchev–Trinajstić information content (AvgIpc) is 3.08. The maximum absolute atomic E-state index is 11.8. The molecule has 1 heterocycles. The van der Waals surface area contributed by atoms with Crippen molar-refractivity contribution < 1.29 is 9.59 Å². The highest BCUT2D eigenvalue weighted by molar-refractivity contribution is 5.94. The molecule has 0 radical (unpaired) electrons. The van der Waals surface area contributed by atoms with Crippen LogP contribution in [0, 0.1) is 5.92 Å². The molecule has 7 nitrogen and oxygen atoms in total. The number of carbonyl (C=O) groups excluding carboxylic acids is 2. The molecule has 1 aliphatic carbocycles. The molecule has 1 saturated carbocycles. The fourth-order valence-corrected chi connectivity index (χ4v) is 1.69. The van der Waals surface area contributed by atoms with Crippen molar-refractivity contribution in [2.75, 3.05) is 5.32 Å². The first-order valence-corrected chi connectivity index (χ1v) is 6.84. The van der Waals surface area contributed by atoms with Crippen LogP contribution in [0.15, 0.2) is 12.4 Å². The Morgan fingerprint density at radius 3 is 2.80 bits per heavy atom. The van der Waals surface area contributed by atoms with Gasteiger partial charge in [0.2, 0.25) is 11.8 Å². The van der Waals surface area contributed by atoms with Crippen molar-refractivity contribution in [1.82, 2.24) is 15.1 Å². The third kappa shape index (κ3) is 4.06. The molecular formula is C13H21N5O2. The van der Waals surface area contributed by atoms with Crippen LogP contribution in [0.3, 0.4) is 0 Å². The first kappa shape index (κ1) is 14.5. The summed E-state index contributed by atoms with van der Waals surface area (Å²) in [5.41, 5.74) is 6.30. The van der Waals surface area contributed by atoms with E-state index >= 15 is 0 Å². The van der Waals surface area contributed by atoms with Crippen molar-refractivity contribution in [2.24, 2.45) is 11.7 Å². The van der Waals surface area contributed by atoms with E-state index in [2.05, 4.69) is 15.7 Å². The Morgan fingerprint density at radius 2 is 2.20 bits per heavy atom. The fourth-order valence-electron chi connectivity index (χ4n) is 1.69. The summed E-state index contributed by atoms with van der Waals surface area (Å²) in [6.45, 7) is 3.92. The molecule has 0 aliphatic heterocycles. The summed E-state index contributed by atoms with van der Waals surface area (Å²) < 4.78 is 1.49. The summed E-state index contributed by atoms with van der Waals surface area (Å²) in [5.74, 6) is -0.247. The predicted molar refractivity (Wildman–Crippen MR) is 74.8 cm³/mol. The number of anilines is 1. The minimum Gasteiger partial charge on any atom is -0.352 e. The Bertz CT molecular complexity index is 493. The zero-order valence-electron chi connectivity index (χ0n) is 11.8. The third-order valence-electron chi connectivity index (χ3n) is 3.17. The molecule has 1 fully saturated rings. The molecule has 1 aromatic heterocycles. The van der Waals surface area contributed by atoms with Crippen molar-refractivity contribution in [3.63, 3.8) is 0 Å². The Hall–Kier alpha value is -1.89. The molecule has 7 heteroatoms. The van der Waals surface area contributed by atoms with Gasteiger partial charge in [-0.3, -0.25) is 14.3 Å². The van der Waals surface area contributed by atoms with E-state index in [9.17, 15) is 9.59 Å². The lowest BCUT2D eigenvalue weighted by molar-refractivity contribution is -0.122. The van der Waals surface area contributed by atoms with E-state index in [1.807, 2.05) is 13.8 Å². The van der Waals surface area contributed by atoms with Crippen LogP contribution in [0.4, 0.5) is 5.69 Å². The van der Waals surface area contributed by atoms with Gasteiger partial charge >= 0.3 is 0 Å². The lowest BCUT2D eigenvalue weighted by Crippen LogP contribution is -2.39. The molecule has 0 aromatic carbocycles. The van der Waals surface area contributed by atoms with Crippen molar-refractivity contribution in [3.8, 4) is 0 Å². The second-order valence-corrected chi connectivity index (χ2v) is 5.53. The smallest absolute Gasteiger partial charge is 0.241 e. The number of nitrogens with zero attached hydrogens (tertiary/aromatic N) is 2. The van der Waals surface area contributed by atoms with Gasteiger partial charge in [-0.2, -0.15) is 5.10 Å². The second kappa shape index (κ2) is 6.04. The minimum atomic E-state index is -0.559. The Kier molecular flexibility index (Phi) is 4.39. The van der Waals surface area contributed by atoms with Crippen LogP contribution in [0.1, 0.15) is 26.7 Å². The van der Waals surface area contributed by atoms with Crippen LogP contribution < -0.4 is 16.4 Å². The highest BCUT2D eigenvalue weighted by atomic mass is 16.2. The van der Waals surface area contributed by atoms with Crippen molar-refractivity contribution in [1.29, 1.82) is 0 Å². The van der Waals surface area contributed by atoms with E-state index in [0.29, 0.717) is 11.7 Å². The van der Waals surface area contributed by atoms with Gasteiger partial charge in [-0.05, 0) is 18.8 Å². The maximum Gasteiger partial charge on any atom is 0.241 e. The van der Waals surface area contributed by atoms with Gasteiger partial charge in [0.25, 0.3) is 0 Å². The van der Waals surface area contributed by atoms with Gasteiger partial charge in [0.1, 0.15) is 6.54 Å². The highest BCUT2D eigenvalue weighted by Crippen LogP contribution is 2.18. The highest BCUT2D eigenvalue weighted by Gasteiger charge is 2.23. The van der Waals surface area contributed by atoms with Crippen LogP contribution in [0.5, 0.6) is 0 Å². The number of rotatable bonds is 6. The standard InChI is InChI=1S/C13H21N5O2/c1-8(2)12(14)13(20)17-10-5-15-18(6-10)7-11(19)16-9-3-4-9/h5-6,8-9,12H,3-4,7,14H2,1-2H3,(H,16,19)(H,17,20)/t12-/m1/s1. The summed E-state index contributed by atoms with van der Waals surface area (Å²) in [6, 6.07) is -0.224. The van der Waals surface area contributed by atoms with E-state index in [4.69, 9.17) is 5.73 Å². The summed E-state index contributed by atoms with van der Waals surface area (Å²) in [5, 5.41) is 9.61. The summed E-state index contributed by atoms with van der Waals surface area (Å²) >= 11 is 0. The fraction of sp³-hybridized carbons (Fsp3) is 0.615. The van der Waals surface area contributed by atoms with Gasteiger partial charge < -0.3 is 16.4 Å². The molecule has 4 N–H and O–H groups in total. The molecule has 1 aliphatic rings. The molecule has 0 unspecified atom stereocenters. The van der Waals surface area contributed by atoms with Gasteiger partial charge in [0.15, 0.2) is 0 Å². The topological polar surface area (TPSA) is 102 Å². The molecule has 20 heavy (non-hydrogen) atoms. The lowest BCUT2D eigenvalue weighted by atomic mass is 10.1. The summed E-state index contributed by atoms with van der Waals surface area (Å²) in [4.78, 5) is 23.4. The first-order valence-electron chi connectivity index (χ1n) is 6.84. The van der Waals surface area contributed by atoms with Crippen molar-refractivity contribution in [3.05, 3.63) is 12.4 Å². The lowest BCUT2D eigenvalue weighted by Gasteiger charge is -2.14. The Labute approximate surface area is 117 Å². The molecule has 0 spiro atoms. The zero-order valence-corrected chi connectivity index (χ0v) is 11.8. The maximum atomic E-state index is 11.8. The second-order valence-electron chi connectivity index (χ2n) is 5.53. The SMILES string of the molecule is CC(C)[C@@H](N)C(=O)Nc1cnn(CC(=O)NC2CC2)c1. The van der Waals surface area contributed by atoms with Gasteiger partial charge in [-0.1, -0.05) is 13.8 Å². The molecule has 110 valence electrons. The molecular weight excluding hydrogens is 258 g/mol. The number of aromatic nitrogens is 2. The number of carbonyl (C=O) groups is 2. The molecule has 1 atom stereocenters. The number of hydrogen-bond donors (Lipinski definition) is 3. The van der Waals surface area contributed by atoms with Crippen LogP contribution in [-0.2, 0) is 16.1 Å². The van der Waals surface area contributed by atoms with E-state index < -0.39 is 6.04 Å². The monoisotopic (exact) mass is 279 g/mol. The van der Waals surface area contributed by atoms with E-state index in [0.717, 1.165) is 12.8 Å². The third-order valence-corrected chi connectivity index (χ3v) is 3.17. The molecule has 1 aromatic rings. The van der Waals surface area contributed by atoms with Crippen LogP contribution >= 0.6 is 0 Å². The Balaban J connectivity index is 1.85. The van der Waals surface area contributed by atoms with Crippen LogP contribution in [0.25, 0.3) is 0 Å². The molecule has 0 saturated heterocycles. The summed E-state index contributed by atoms with van der Waals surface area (Å²) in [7, 11) is 0. The number of hydrogen-bond acceptors (Lipinski definition) is 4. The number of amides is 2. The number of nitrogens with two attached hydrogens (primary N) is 1.